The maximum Gasteiger partial charge on any atom is 0.240 e. The quantitative estimate of drug-likeness (QED) is 0.812. The molecule has 1 aromatic carbocycles. The van der Waals surface area contributed by atoms with Gasteiger partial charge in [-0.1, -0.05) is 30.9 Å². The SMILES string of the molecule is COc1cc(Cl)c(C)cc1N(CC(=O)NC1CCCCC1)S(C)(=O)=O. The summed E-state index contributed by atoms with van der Waals surface area (Å²) in [5.74, 6) is -0.00141. The second kappa shape index (κ2) is 8.27. The second-order valence-electron chi connectivity index (χ2n) is 6.45. The molecule has 0 unspecified atom stereocenters. The van der Waals surface area contributed by atoms with Gasteiger partial charge in [-0.3, -0.25) is 9.10 Å². The molecule has 25 heavy (non-hydrogen) atoms. The number of hydrogen-bond acceptors (Lipinski definition) is 4. The lowest BCUT2D eigenvalue weighted by Crippen LogP contribution is -2.44. The van der Waals surface area contributed by atoms with Gasteiger partial charge >= 0.3 is 0 Å². The van der Waals surface area contributed by atoms with E-state index in [0.29, 0.717) is 22.0 Å². The standard InChI is InChI=1S/C17H25ClN2O4S/c1-12-9-15(16(24-2)10-14(12)18)20(25(3,22)23)11-17(21)19-13-7-5-4-6-8-13/h9-10,13H,4-8,11H2,1-3H3,(H,19,21). The first kappa shape index (κ1) is 19.8. The highest BCUT2D eigenvalue weighted by molar-refractivity contribution is 7.92. The van der Waals surface area contributed by atoms with Crippen molar-refractivity contribution in [2.45, 2.75) is 45.1 Å². The first-order valence-corrected chi connectivity index (χ1v) is 10.6. The summed E-state index contributed by atoms with van der Waals surface area (Å²) in [6, 6.07) is 3.30. The minimum atomic E-state index is -3.67. The van der Waals surface area contributed by atoms with Crippen LogP contribution < -0.4 is 14.4 Å². The third-order valence-corrected chi connectivity index (χ3v) is 5.92. The van der Waals surface area contributed by atoms with Gasteiger partial charge in [0.05, 0.1) is 19.1 Å². The van der Waals surface area contributed by atoms with Gasteiger partial charge in [-0.15, -0.1) is 0 Å². The number of anilines is 1. The molecule has 140 valence electrons. The van der Waals surface area contributed by atoms with E-state index in [1.54, 1.807) is 19.1 Å². The number of aryl methyl sites for hydroxylation is 1. The second-order valence-corrected chi connectivity index (χ2v) is 8.76. The number of nitrogens with zero attached hydrogens (tertiary/aromatic N) is 1. The Balaban J connectivity index is 2.25. The first-order valence-electron chi connectivity index (χ1n) is 8.33. The summed E-state index contributed by atoms with van der Waals surface area (Å²) >= 11 is 6.09. The molecule has 0 aliphatic heterocycles. The van der Waals surface area contributed by atoms with Crippen LogP contribution in [0.2, 0.25) is 5.02 Å². The fourth-order valence-electron chi connectivity index (χ4n) is 3.04. The Kier molecular flexibility index (Phi) is 6.57. The molecule has 1 amide bonds. The van der Waals surface area contributed by atoms with Gasteiger partial charge in [0.15, 0.2) is 0 Å². The van der Waals surface area contributed by atoms with E-state index < -0.39 is 10.0 Å². The van der Waals surface area contributed by atoms with Gasteiger partial charge in [0.1, 0.15) is 12.3 Å². The van der Waals surface area contributed by atoms with E-state index in [0.717, 1.165) is 36.2 Å². The molecule has 0 heterocycles. The van der Waals surface area contributed by atoms with Crippen molar-refractivity contribution in [3.8, 4) is 5.75 Å². The highest BCUT2D eigenvalue weighted by Gasteiger charge is 2.26. The largest absolute Gasteiger partial charge is 0.494 e. The number of halogens is 1. The molecule has 0 aromatic heterocycles. The molecule has 1 aliphatic rings. The summed E-state index contributed by atoms with van der Waals surface area (Å²) < 4.78 is 30.9. The van der Waals surface area contributed by atoms with Crippen molar-refractivity contribution in [3.05, 3.63) is 22.7 Å². The molecule has 0 spiro atoms. The average molecular weight is 389 g/mol. The van der Waals surface area contributed by atoms with E-state index in [9.17, 15) is 13.2 Å². The zero-order valence-electron chi connectivity index (χ0n) is 14.8. The Morgan fingerprint density at radius 2 is 1.96 bits per heavy atom. The highest BCUT2D eigenvalue weighted by atomic mass is 35.5. The summed E-state index contributed by atoms with van der Waals surface area (Å²) in [6.45, 7) is 1.49. The smallest absolute Gasteiger partial charge is 0.240 e. The van der Waals surface area contributed by atoms with Crippen LogP contribution in [0.5, 0.6) is 5.75 Å². The van der Waals surface area contributed by atoms with Gasteiger partial charge in [0.25, 0.3) is 0 Å². The average Bonchev–Trinajstić information content (AvgIpc) is 2.55. The van der Waals surface area contributed by atoms with E-state index >= 15 is 0 Å². The number of rotatable bonds is 6. The predicted octanol–water partition coefficient (Wildman–Crippen LogP) is 2.87. The van der Waals surface area contributed by atoms with Gasteiger partial charge in [0.2, 0.25) is 15.9 Å². The number of amides is 1. The van der Waals surface area contributed by atoms with Crippen molar-refractivity contribution in [2.24, 2.45) is 0 Å². The van der Waals surface area contributed by atoms with E-state index in [1.165, 1.54) is 13.5 Å². The lowest BCUT2D eigenvalue weighted by molar-refractivity contribution is -0.120. The molecule has 1 aromatic rings. The van der Waals surface area contributed by atoms with Crippen molar-refractivity contribution in [3.63, 3.8) is 0 Å². The lowest BCUT2D eigenvalue weighted by Gasteiger charge is -2.27. The van der Waals surface area contributed by atoms with Gasteiger partial charge in [-0.25, -0.2) is 8.42 Å². The molecule has 0 bridgehead atoms. The maximum absolute atomic E-state index is 12.4. The van der Waals surface area contributed by atoms with Crippen LogP contribution in [0, 0.1) is 6.92 Å². The van der Waals surface area contributed by atoms with Crippen LogP contribution in [0.1, 0.15) is 37.7 Å². The van der Waals surface area contributed by atoms with Crippen LogP contribution in [-0.4, -0.2) is 40.3 Å². The molecular formula is C17H25ClN2O4S. The number of carbonyl (C=O) groups is 1. The number of methoxy groups -OCH3 is 1. The van der Waals surface area contributed by atoms with Gasteiger partial charge in [-0.05, 0) is 31.4 Å². The predicted molar refractivity (Wildman–Crippen MR) is 99.9 cm³/mol. The Morgan fingerprint density at radius 1 is 1.32 bits per heavy atom. The Hall–Kier alpha value is -1.47. The zero-order valence-corrected chi connectivity index (χ0v) is 16.4. The summed E-state index contributed by atoms with van der Waals surface area (Å²) in [5, 5.41) is 3.42. The Morgan fingerprint density at radius 3 is 2.52 bits per heavy atom. The molecular weight excluding hydrogens is 364 g/mol. The molecule has 8 heteroatoms. The van der Waals surface area contributed by atoms with E-state index in [4.69, 9.17) is 16.3 Å². The zero-order chi connectivity index (χ0) is 18.6. The number of ether oxygens (including phenoxy) is 1. The van der Waals surface area contributed by atoms with Crippen LogP contribution in [0.25, 0.3) is 0 Å². The number of nitrogens with one attached hydrogen (secondary N) is 1. The van der Waals surface area contributed by atoms with Crippen molar-refractivity contribution in [1.82, 2.24) is 5.32 Å². The molecule has 0 radical (unpaired) electrons. The van der Waals surface area contributed by atoms with Crippen molar-refractivity contribution >= 4 is 33.2 Å². The Bertz CT molecular complexity index is 730. The van der Waals surface area contributed by atoms with Crippen LogP contribution in [0.3, 0.4) is 0 Å². The minimum Gasteiger partial charge on any atom is -0.494 e. The first-order chi connectivity index (χ1) is 11.7. The van der Waals surface area contributed by atoms with Crippen LogP contribution in [0.4, 0.5) is 5.69 Å². The van der Waals surface area contributed by atoms with Crippen LogP contribution in [0.15, 0.2) is 12.1 Å². The number of hydrogen-bond donors (Lipinski definition) is 1. The Labute approximate surface area is 154 Å². The monoisotopic (exact) mass is 388 g/mol. The van der Waals surface area contributed by atoms with Gasteiger partial charge < -0.3 is 10.1 Å². The number of carbonyl (C=O) groups excluding carboxylic acids is 1. The van der Waals surface area contributed by atoms with E-state index in [2.05, 4.69) is 5.32 Å². The third-order valence-electron chi connectivity index (χ3n) is 4.39. The highest BCUT2D eigenvalue weighted by Crippen LogP contribution is 2.35. The summed E-state index contributed by atoms with van der Waals surface area (Å²) in [7, 11) is -2.23. The summed E-state index contributed by atoms with van der Waals surface area (Å²) in [6.07, 6.45) is 6.31. The summed E-state index contributed by atoms with van der Waals surface area (Å²) in [4.78, 5) is 12.4. The number of benzene rings is 1. The van der Waals surface area contributed by atoms with Crippen molar-refractivity contribution in [1.29, 1.82) is 0 Å². The molecule has 0 atom stereocenters. The normalized spacial score (nSPS) is 15.7. The lowest BCUT2D eigenvalue weighted by atomic mass is 9.95. The molecule has 6 nitrogen and oxygen atoms in total. The van der Waals surface area contributed by atoms with Crippen LogP contribution in [-0.2, 0) is 14.8 Å². The van der Waals surface area contributed by atoms with Gasteiger partial charge in [-0.2, -0.15) is 0 Å². The van der Waals surface area contributed by atoms with Gasteiger partial charge in [0, 0.05) is 17.1 Å². The number of sulfonamides is 1. The minimum absolute atomic E-state index is 0.122. The fraction of sp³-hybridized carbons (Fsp3) is 0.588. The van der Waals surface area contributed by atoms with Crippen molar-refractivity contribution in [2.75, 3.05) is 24.2 Å². The molecule has 2 rings (SSSR count). The molecule has 0 saturated heterocycles. The summed E-state index contributed by atoms with van der Waals surface area (Å²) in [5.41, 5.74) is 1.02. The molecule has 1 N–H and O–H groups in total. The van der Waals surface area contributed by atoms with Crippen LogP contribution >= 0.6 is 11.6 Å². The molecule has 1 fully saturated rings. The topological polar surface area (TPSA) is 75.7 Å². The maximum atomic E-state index is 12.4. The van der Waals surface area contributed by atoms with E-state index in [-0.39, 0.29) is 18.5 Å². The molecule has 1 saturated carbocycles. The van der Waals surface area contributed by atoms with E-state index in [1.807, 2.05) is 0 Å². The van der Waals surface area contributed by atoms with Crippen molar-refractivity contribution < 1.29 is 17.9 Å². The fourth-order valence-corrected chi connectivity index (χ4v) is 4.04. The molecule has 1 aliphatic carbocycles. The third kappa shape index (κ3) is 5.25.